The van der Waals surface area contributed by atoms with Crippen molar-refractivity contribution in [1.82, 2.24) is 10.6 Å². The quantitative estimate of drug-likeness (QED) is 0.254. The number of hydrogen-bond acceptors (Lipinski definition) is 2. The van der Waals surface area contributed by atoms with E-state index in [-0.39, 0.29) is 30.0 Å². The topological polar surface area (TPSA) is 45.7 Å². The van der Waals surface area contributed by atoms with E-state index >= 15 is 0 Å². The van der Waals surface area contributed by atoms with Gasteiger partial charge in [0.05, 0.1) is 12.6 Å². The second-order valence-electron chi connectivity index (χ2n) is 4.99. The van der Waals surface area contributed by atoms with Gasteiger partial charge in [-0.05, 0) is 26.3 Å². The molecule has 0 aromatic heterocycles. The van der Waals surface area contributed by atoms with Crippen molar-refractivity contribution in [3.8, 4) is 5.75 Å². The molecule has 2 N–H and O–H groups in total. The predicted octanol–water partition coefficient (Wildman–Crippen LogP) is 3.65. The molecule has 1 aromatic rings. The fourth-order valence-corrected chi connectivity index (χ4v) is 2.39. The summed E-state index contributed by atoms with van der Waals surface area (Å²) in [6.07, 6.45) is 6.12. The van der Waals surface area contributed by atoms with E-state index in [4.69, 9.17) is 4.74 Å². The standard InChI is InChI=1S/C17H25N3O.HI/c1-3-5-8-12-19-17(18-4-2)20-15-11-13-21-16-10-7-6-9-14(15)16;/h3,5-7,9-10,15H,4,8,11-13H2,1-2H3,(H2,18,19,20);1H. The van der Waals surface area contributed by atoms with Crippen LogP contribution in [0.4, 0.5) is 0 Å². The van der Waals surface area contributed by atoms with E-state index in [1.807, 2.05) is 19.1 Å². The molecule has 0 saturated carbocycles. The van der Waals surface area contributed by atoms with Gasteiger partial charge in [0.15, 0.2) is 5.96 Å². The zero-order valence-electron chi connectivity index (χ0n) is 13.3. The molecule has 1 aromatic carbocycles. The van der Waals surface area contributed by atoms with Crippen molar-refractivity contribution >= 4 is 29.9 Å². The maximum Gasteiger partial charge on any atom is 0.191 e. The number of ether oxygens (including phenoxy) is 1. The third kappa shape index (κ3) is 5.51. The van der Waals surface area contributed by atoms with Crippen LogP contribution in [-0.4, -0.2) is 25.7 Å². The number of fused-ring (bicyclic) bond motifs is 1. The van der Waals surface area contributed by atoms with Gasteiger partial charge < -0.3 is 15.4 Å². The average molecular weight is 415 g/mol. The lowest BCUT2D eigenvalue weighted by molar-refractivity contribution is 0.261. The van der Waals surface area contributed by atoms with E-state index in [2.05, 4.69) is 46.8 Å². The van der Waals surface area contributed by atoms with Crippen LogP contribution in [0.15, 0.2) is 41.4 Å². The Balaban J connectivity index is 0.00000242. The normalized spacial score (nSPS) is 17.4. The van der Waals surface area contributed by atoms with Crippen LogP contribution >= 0.6 is 24.0 Å². The molecule has 0 saturated heterocycles. The van der Waals surface area contributed by atoms with Crippen LogP contribution in [0.2, 0.25) is 0 Å². The summed E-state index contributed by atoms with van der Waals surface area (Å²) in [6, 6.07) is 8.47. The van der Waals surface area contributed by atoms with Crippen LogP contribution < -0.4 is 15.4 Å². The molecule has 0 amide bonds. The van der Waals surface area contributed by atoms with Crippen LogP contribution in [0.1, 0.15) is 38.3 Å². The zero-order valence-corrected chi connectivity index (χ0v) is 15.7. The predicted molar refractivity (Wildman–Crippen MR) is 103 cm³/mol. The van der Waals surface area contributed by atoms with Crippen LogP contribution in [0.5, 0.6) is 5.75 Å². The minimum absolute atomic E-state index is 0. The fraction of sp³-hybridized carbons (Fsp3) is 0.471. The molecule has 0 aliphatic carbocycles. The van der Waals surface area contributed by atoms with Crippen molar-refractivity contribution in [2.24, 2.45) is 4.99 Å². The summed E-state index contributed by atoms with van der Waals surface area (Å²) in [7, 11) is 0. The van der Waals surface area contributed by atoms with Gasteiger partial charge in [0, 0.05) is 25.1 Å². The second-order valence-corrected chi connectivity index (χ2v) is 4.99. The molecule has 0 bridgehead atoms. The lowest BCUT2D eigenvalue weighted by Crippen LogP contribution is -2.41. The van der Waals surface area contributed by atoms with Crippen LogP contribution in [0.3, 0.4) is 0 Å². The second kappa shape index (κ2) is 10.5. The molecule has 0 radical (unpaired) electrons. The minimum atomic E-state index is 0. The van der Waals surface area contributed by atoms with E-state index in [0.29, 0.717) is 0 Å². The molecule has 1 atom stereocenters. The summed E-state index contributed by atoms with van der Waals surface area (Å²) >= 11 is 0. The minimum Gasteiger partial charge on any atom is -0.493 e. The lowest BCUT2D eigenvalue weighted by atomic mass is 10.0. The summed E-state index contributed by atoms with van der Waals surface area (Å²) in [5, 5.41) is 6.84. The fourth-order valence-electron chi connectivity index (χ4n) is 2.39. The maximum absolute atomic E-state index is 5.70. The first kappa shape index (κ1) is 18.8. The first-order chi connectivity index (χ1) is 10.3. The third-order valence-corrected chi connectivity index (χ3v) is 3.42. The van der Waals surface area contributed by atoms with E-state index in [0.717, 1.165) is 44.2 Å². The molecular weight excluding hydrogens is 389 g/mol. The number of halogens is 1. The number of benzene rings is 1. The summed E-state index contributed by atoms with van der Waals surface area (Å²) in [5.74, 6) is 1.86. The van der Waals surface area contributed by atoms with Gasteiger partial charge in [-0.3, -0.25) is 4.99 Å². The summed E-state index contributed by atoms with van der Waals surface area (Å²) in [4.78, 5) is 4.62. The number of allylic oxidation sites excluding steroid dienone is 1. The number of aliphatic imine (C=N–C) groups is 1. The van der Waals surface area contributed by atoms with E-state index < -0.39 is 0 Å². The Kier molecular flexibility index (Phi) is 8.96. The van der Waals surface area contributed by atoms with Crippen molar-refractivity contribution in [1.29, 1.82) is 0 Å². The van der Waals surface area contributed by atoms with Gasteiger partial charge in [-0.25, -0.2) is 0 Å². The number of hydrogen-bond donors (Lipinski definition) is 2. The Bertz CT molecular complexity index is 502. The zero-order chi connectivity index (χ0) is 14.9. The van der Waals surface area contributed by atoms with Crippen molar-refractivity contribution < 1.29 is 4.74 Å². The summed E-state index contributed by atoms with van der Waals surface area (Å²) < 4.78 is 5.70. The van der Waals surface area contributed by atoms with Gasteiger partial charge in [-0.2, -0.15) is 0 Å². The highest BCUT2D eigenvalue weighted by atomic mass is 127. The maximum atomic E-state index is 5.70. The molecule has 0 fully saturated rings. The molecule has 5 heteroatoms. The third-order valence-electron chi connectivity index (χ3n) is 3.42. The number of nitrogens with zero attached hydrogens (tertiary/aromatic N) is 1. The highest BCUT2D eigenvalue weighted by molar-refractivity contribution is 14.0. The van der Waals surface area contributed by atoms with Crippen LogP contribution in [-0.2, 0) is 0 Å². The van der Waals surface area contributed by atoms with Gasteiger partial charge >= 0.3 is 0 Å². The summed E-state index contributed by atoms with van der Waals surface area (Å²) in [5.41, 5.74) is 1.21. The van der Waals surface area contributed by atoms with E-state index in [1.54, 1.807) is 0 Å². The van der Waals surface area contributed by atoms with E-state index in [9.17, 15) is 0 Å². The van der Waals surface area contributed by atoms with Crippen molar-refractivity contribution in [2.75, 3.05) is 19.7 Å². The van der Waals surface area contributed by atoms with Gasteiger partial charge in [0.25, 0.3) is 0 Å². The number of rotatable bonds is 5. The number of guanidine groups is 1. The van der Waals surface area contributed by atoms with Crippen LogP contribution in [0, 0.1) is 0 Å². The highest BCUT2D eigenvalue weighted by Gasteiger charge is 2.21. The Hall–Kier alpha value is -1.24. The molecule has 122 valence electrons. The van der Waals surface area contributed by atoms with Crippen LogP contribution in [0.25, 0.3) is 0 Å². The molecule has 1 unspecified atom stereocenters. The number of nitrogens with one attached hydrogen (secondary N) is 2. The smallest absolute Gasteiger partial charge is 0.191 e. The first-order valence-corrected chi connectivity index (χ1v) is 7.73. The van der Waals surface area contributed by atoms with Gasteiger partial charge in [0.2, 0.25) is 0 Å². The molecule has 1 aliphatic rings. The highest BCUT2D eigenvalue weighted by Crippen LogP contribution is 2.31. The SMILES string of the molecule is CC=CCCN=C(NCC)NC1CCOc2ccccc21.I. The molecule has 1 heterocycles. The lowest BCUT2D eigenvalue weighted by Gasteiger charge is -2.28. The monoisotopic (exact) mass is 415 g/mol. The van der Waals surface area contributed by atoms with Gasteiger partial charge in [-0.1, -0.05) is 30.4 Å². The van der Waals surface area contributed by atoms with Crippen molar-refractivity contribution in [2.45, 2.75) is 32.7 Å². The Labute approximate surface area is 150 Å². The van der Waals surface area contributed by atoms with E-state index in [1.165, 1.54) is 5.56 Å². The Morgan fingerprint density at radius 3 is 3.00 bits per heavy atom. The molecule has 2 rings (SSSR count). The first-order valence-electron chi connectivity index (χ1n) is 7.73. The summed E-state index contributed by atoms with van der Waals surface area (Å²) in [6.45, 7) is 6.52. The number of para-hydroxylation sites is 1. The molecular formula is C17H26IN3O. The average Bonchev–Trinajstić information content (AvgIpc) is 2.52. The van der Waals surface area contributed by atoms with Gasteiger partial charge in [0.1, 0.15) is 5.75 Å². The largest absolute Gasteiger partial charge is 0.493 e. The Morgan fingerprint density at radius 1 is 1.41 bits per heavy atom. The van der Waals surface area contributed by atoms with Gasteiger partial charge in [-0.15, -0.1) is 24.0 Å². The molecule has 22 heavy (non-hydrogen) atoms. The molecule has 1 aliphatic heterocycles. The molecule has 0 spiro atoms. The molecule has 4 nitrogen and oxygen atoms in total. The Morgan fingerprint density at radius 2 is 2.23 bits per heavy atom. The van der Waals surface area contributed by atoms with Crippen molar-refractivity contribution in [3.63, 3.8) is 0 Å². The van der Waals surface area contributed by atoms with Crippen molar-refractivity contribution in [3.05, 3.63) is 42.0 Å².